The SMILES string of the molecule is Cc1cc(C)cc(OCC(=O)N(Cc2ccc(Br)cc2)[C@H](C)C(=O)NC2CCCCC2)c1. The number of benzene rings is 2. The van der Waals surface area contributed by atoms with Crippen LogP contribution in [0.3, 0.4) is 0 Å². The lowest BCUT2D eigenvalue weighted by Gasteiger charge is -2.31. The average molecular weight is 501 g/mol. The smallest absolute Gasteiger partial charge is 0.261 e. The van der Waals surface area contributed by atoms with E-state index in [4.69, 9.17) is 4.74 Å². The molecule has 2 aromatic rings. The summed E-state index contributed by atoms with van der Waals surface area (Å²) >= 11 is 3.45. The first-order valence-corrected chi connectivity index (χ1v) is 12.2. The number of halogens is 1. The number of carbonyl (C=O) groups is 2. The van der Waals surface area contributed by atoms with Crippen molar-refractivity contribution in [2.45, 2.75) is 71.5 Å². The van der Waals surface area contributed by atoms with Crippen LogP contribution in [0, 0.1) is 13.8 Å². The maximum Gasteiger partial charge on any atom is 0.261 e. The van der Waals surface area contributed by atoms with Crippen LogP contribution < -0.4 is 10.1 Å². The molecule has 0 aromatic heterocycles. The highest BCUT2D eigenvalue weighted by molar-refractivity contribution is 9.10. The van der Waals surface area contributed by atoms with Crippen LogP contribution in [0.5, 0.6) is 5.75 Å². The van der Waals surface area contributed by atoms with Crippen molar-refractivity contribution in [3.05, 3.63) is 63.6 Å². The maximum absolute atomic E-state index is 13.2. The minimum absolute atomic E-state index is 0.103. The average Bonchev–Trinajstić information content (AvgIpc) is 2.76. The molecule has 3 rings (SSSR count). The van der Waals surface area contributed by atoms with Gasteiger partial charge in [0, 0.05) is 17.1 Å². The molecule has 1 aliphatic rings. The third kappa shape index (κ3) is 7.09. The Bertz CT molecular complexity index is 903. The Morgan fingerprint density at radius 3 is 2.31 bits per heavy atom. The molecule has 6 heteroatoms. The number of ether oxygens (including phenoxy) is 1. The van der Waals surface area contributed by atoms with Crippen LogP contribution in [0.2, 0.25) is 0 Å². The standard InChI is InChI=1S/C26H33BrN2O3/c1-18-13-19(2)15-24(14-18)32-17-25(30)29(16-21-9-11-22(27)12-10-21)20(3)26(31)28-23-7-5-4-6-8-23/h9-15,20,23H,4-8,16-17H2,1-3H3,(H,28,31)/t20-/m1/s1. The van der Waals surface area contributed by atoms with Gasteiger partial charge in [0.05, 0.1) is 0 Å². The Kier molecular flexibility index (Phi) is 8.74. The van der Waals surface area contributed by atoms with Crippen molar-refractivity contribution in [1.29, 1.82) is 0 Å². The Labute approximate surface area is 199 Å². The highest BCUT2D eigenvalue weighted by Crippen LogP contribution is 2.20. The molecule has 1 N–H and O–H groups in total. The van der Waals surface area contributed by atoms with Crippen molar-refractivity contribution >= 4 is 27.7 Å². The molecular formula is C26H33BrN2O3. The third-order valence-electron chi connectivity index (χ3n) is 5.94. The summed E-state index contributed by atoms with van der Waals surface area (Å²) < 4.78 is 6.79. The minimum Gasteiger partial charge on any atom is -0.484 e. The van der Waals surface area contributed by atoms with Gasteiger partial charge in [0.25, 0.3) is 5.91 Å². The molecule has 2 aromatic carbocycles. The first-order chi connectivity index (χ1) is 15.3. The molecule has 1 atom stereocenters. The second kappa shape index (κ2) is 11.5. The molecule has 0 unspecified atom stereocenters. The molecule has 0 bridgehead atoms. The van der Waals surface area contributed by atoms with Crippen molar-refractivity contribution in [2.75, 3.05) is 6.61 Å². The fourth-order valence-electron chi connectivity index (χ4n) is 4.18. The molecule has 1 aliphatic carbocycles. The molecule has 172 valence electrons. The molecule has 5 nitrogen and oxygen atoms in total. The Morgan fingerprint density at radius 1 is 1.06 bits per heavy atom. The highest BCUT2D eigenvalue weighted by atomic mass is 79.9. The molecule has 0 saturated heterocycles. The number of hydrogen-bond donors (Lipinski definition) is 1. The normalized spacial score (nSPS) is 15.1. The zero-order chi connectivity index (χ0) is 23.1. The van der Waals surface area contributed by atoms with Crippen molar-refractivity contribution in [1.82, 2.24) is 10.2 Å². The van der Waals surface area contributed by atoms with E-state index in [0.717, 1.165) is 46.8 Å². The molecule has 1 fully saturated rings. The van der Waals surface area contributed by atoms with Gasteiger partial charge < -0.3 is 15.0 Å². The topological polar surface area (TPSA) is 58.6 Å². The highest BCUT2D eigenvalue weighted by Gasteiger charge is 2.28. The van der Waals surface area contributed by atoms with Crippen LogP contribution in [-0.4, -0.2) is 35.4 Å². The van der Waals surface area contributed by atoms with Gasteiger partial charge in [-0.25, -0.2) is 0 Å². The summed E-state index contributed by atoms with van der Waals surface area (Å²) in [5, 5.41) is 3.16. The van der Waals surface area contributed by atoms with Crippen molar-refractivity contribution in [3.8, 4) is 5.75 Å². The van der Waals surface area contributed by atoms with Crippen molar-refractivity contribution in [2.24, 2.45) is 0 Å². The van der Waals surface area contributed by atoms with Gasteiger partial charge in [0.2, 0.25) is 5.91 Å². The largest absolute Gasteiger partial charge is 0.484 e. The number of amides is 2. The van der Waals surface area contributed by atoms with Gasteiger partial charge in [0.15, 0.2) is 6.61 Å². The molecule has 0 heterocycles. The number of rotatable bonds is 8. The summed E-state index contributed by atoms with van der Waals surface area (Å²) in [6.45, 7) is 6.03. The molecular weight excluding hydrogens is 468 g/mol. The lowest BCUT2D eigenvalue weighted by atomic mass is 9.95. The molecule has 0 aliphatic heterocycles. The van der Waals surface area contributed by atoms with E-state index in [1.165, 1.54) is 6.42 Å². The molecule has 0 spiro atoms. The predicted molar refractivity (Wildman–Crippen MR) is 131 cm³/mol. The predicted octanol–water partition coefficient (Wildman–Crippen LogP) is 5.31. The summed E-state index contributed by atoms with van der Waals surface area (Å²) in [7, 11) is 0. The van der Waals surface area contributed by atoms with E-state index in [1.54, 1.807) is 11.8 Å². The summed E-state index contributed by atoms with van der Waals surface area (Å²) in [5.41, 5.74) is 3.13. The third-order valence-corrected chi connectivity index (χ3v) is 6.47. The summed E-state index contributed by atoms with van der Waals surface area (Å²) in [6, 6.07) is 13.3. The quantitative estimate of drug-likeness (QED) is 0.534. The summed E-state index contributed by atoms with van der Waals surface area (Å²) in [6.07, 6.45) is 5.53. The molecule has 32 heavy (non-hydrogen) atoms. The lowest BCUT2D eigenvalue weighted by Crippen LogP contribution is -2.51. The minimum atomic E-state index is -0.587. The number of hydrogen-bond acceptors (Lipinski definition) is 3. The van der Waals surface area contributed by atoms with Gasteiger partial charge in [-0.1, -0.05) is 53.4 Å². The van der Waals surface area contributed by atoms with E-state index >= 15 is 0 Å². The van der Waals surface area contributed by atoms with Gasteiger partial charge in [-0.15, -0.1) is 0 Å². The summed E-state index contributed by atoms with van der Waals surface area (Å²) in [5.74, 6) is 0.353. The Hall–Kier alpha value is -2.34. The number of nitrogens with zero attached hydrogens (tertiary/aromatic N) is 1. The number of aryl methyl sites for hydroxylation is 2. The molecule has 0 radical (unpaired) electrons. The van der Waals surface area contributed by atoms with Crippen LogP contribution in [-0.2, 0) is 16.1 Å². The first kappa shape index (κ1) is 24.3. The van der Waals surface area contributed by atoms with Crippen LogP contribution in [0.1, 0.15) is 55.7 Å². The first-order valence-electron chi connectivity index (χ1n) is 11.4. The number of carbonyl (C=O) groups excluding carboxylic acids is 2. The Morgan fingerprint density at radius 2 is 1.69 bits per heavy atom. The van der Waals surface area contributed by atoms with E-state index in [0.29, 0.717) is 12.3 Å². The van der Waals surface area contributed by atoms with Crippen LogP contribution in [0.25, 0.3) is 0 Å². The van der Waals surface area contributed by atoms with Gasteiger partial charge in [0.1, 0.15) is 11.8 Å². The summed E-state index contributed by atoms with van der Waals surface area (Å²) in [4.78, 5) is 27.8. The van der Waals surface area contributed by atoms with E-state index in [-0.39, 0.29) is 24.5 Å². The van der Waals surface area contributed by atoms with Gasteiger partial charge in [-0.3, -0.25) is 9.59 Å². The van der Waals surface area contributed by atoms with E-state index in [2.05, 4.69) is 27.3 Å². The molecule has 1 saturated carbocycles. The zero-order valence-electron chi connectivity index (χ0n) is 19.2. The monoisotopic (exact) mass is 500 g/mol. The number of nitrogens with one attached hydrogen (secondary N) is 1. The van der Waals surface area contributed by atoms with Gasteiger partial charge in [-0.05, 0) is 74.6 Å². The van der Waals surface area contributed by atoms with Crippen molar-refractivity contribution in [3.63, 3.8) is 0 Å². The van der Waals surface area contributed by atoms with Crippen LogP contribution >= 0.6 is 15.9 Å². The van der Waals surface area contributed by atoms with E-state index < -0.39 is 6.04 Å². The second-order valence-corrected chi connectivity index (χ2v) is 9.70. The molecule has 2 amide bonds. The maximum atomic E-state index is 13.2. The van der Waals surface area contributed by atoms with Crippen LogP contribution in [0.15, 0.2) is 46.9 Å². The lowest BCUT2D eigenvalue weighted by molar-refractivity contribution is -0.142. The Balaban J connectivity index is 1.71. The van der Waals surface area contributed by atoms with E-state index in [1.807, 2.05) is 50.2 Å². The van der Waals surface area contributed by atoms with Gasteiger partial charge in [-0.2, -0.15) is 0 Å². The zero-order valence-corrected chi connectivity index (χ0v) is 20.8. The fourth-order valence-corrected chi connectivity index (χ4v) is 4.45. The second-order valence-electron chi connectivity index (χ2n) is 8.78. The van der Waals surface area contributed by atoms with E-state index in [9.17, 15) is 9.59 Å². The van der Waals surface area contributed by atoms with Gasteiger partial charge >= 0.3 is 0 Å². The fraction of sp³-hybridized carbons (Fsp3) is 0.462. The van der Waals surface area contributed by atoms with Crippen molar-refractivity contribution < 1.29 is 14.3 Å². The van der Waals surface area contributed by atoms with Crippen LogP contribution in [0.4, 0.5) is 0 Å².